The SMILES string of the molecule is Cc1c(-c2cc3ccnc(OCCn4cnnc4)c3n2CC2CC2)nn2cc(C(=O)N3C[C@H](N)C[C@@H](F)C3)ccc12. The number of carbonyl (C=O) groups excluding carboxylic acids is 1. The fourth-order valence-electron chi connectivity index (χ4n) is 5.78. The molecule has 0 spiro atoms. The topological polar surface area (TPSA) is 121 Å². The van der Waals surface area contributed by atoms with E-state index in [1.54, 1.807) is 35.6 Å². The van der Waals surface area contributed by atoms with Gasteiger partial charge in [0.25, 0.3) is 5.91 Å². The quantitative estimate of drug-likeness (QED) is 0.311. The molecule has 0 radical (unpaired) electrons. The zero-order valence-electron chi connectivity index (χ0n) is 22.9. The lowest BCUT2D eigenvalue weighted by molar-refractivity contribution is 0.0606. The minimum absolute atomic E-state index is 0.0624. The van der Waals surface area contributed by atoms with Crippen LogP contribution >= 0.6 is 0 Å². The highest BCUT2D eigenvalue weighted by molar-refractivity contribution is 5.95. The Morgan fingerprint density at radius 3 is 2.78 bits per heavy atom. The number of piperidine rings is 1. The Morgan fingerprint density at radius 2 is 2.00 bits per heavy atom. The van der Waals surface area contributed by atoms with Gasteiger partial charge in [0.1, 0.15) is 36.6 Å². The molecule has 2 fully saturated rings. The van der Waals surface area contributed by atoms with Crippen LogP contribution < -0.4 is 10.5 Å². The summed E-state index contributed by atoms with van der Waals surface area (Å²) in [5.41, 5.74) is 11.1. The lowest BCUT2D eigenvalue weighted by Gasteiger charge is -2.32. The van der Waals surface area contributed by atoms with E-state index in [9.17, 15) is 9.18 Å². The van der Waals surface area contributed by atoms with Gasteiger partial charge >= 0.3 is 0 Å². The van der Waals surface area contributed by atoms with Gasteiger partial charge in [0.15, 0.2) is 0 Å². The van der Waals surface area contributed by atoms with E-state index in [0.717, 1.165) is 39.9 Å². The second-order valence-electron chi connectivity index (χ2n) is 11.2. The van der Waals surface area contributed by atoms with Crippen molar-refractivity contribution in [3.05, 3.63) is 60.4 Å². The average Bonchev–Trinajstić information content (AvgIpc) is 3.33. The van der Waals surface area contributed by atoms with Gasteiger partial charge in [0.05, 0.1) is 29.9 Å². The normalized spacial score (nSPS) is 19.3. The third-order valence-corrected chi connectivity index (χ3v) is 8.05. The van der Waals surface area contributed by atoms with E-state index >= 15 is 0 Å². The second kappa shape index (κ2) is 10.3. The Bertz CT molecular complexity index is 1710. The molecule has 0 bridgehead atoms. The Morgan fingerprint density at radius 1 is 1.17 bits per heavy atom. The van der Waals surface area contributed by atoms with Crippen molar-refractivity contribution in [2.45, 2.75) is 51.5 Å². The highest BCUT2D eigenvalue weighted by atomic mass is 19.1. The molecule has 12 heteroatoms. The van der Waals surface area contributed by atoms with Crippen LogP contribution in [-0.4, -0.2) is 76.6 Å². The number of aromatic nitrogens is 7. The van der Waals surface area contributed by atoms with Crippen molar-refractivity contribution >= 4 is 22.3 Å². The second-order valence-corrected chi connectivity index (χ2v) is 11.2. The summed E-state index contributed by atoms with van der Waals surface area (Å²) in [4.78, 5) is 19.3. The number of nitrogens with two attached hydrogens (primary N) is 1. The lowest BCUT2D eigenvalue weighted by atomic mass is 10.0. The minimum Gasteiger partial charge on any atom is -0.474 e. The van der Waals surface area contributed by atoms with Crippen molar-refractivity contribution in [3.8, 4) is 17.3 Å². The fraction of sp³-hybridized carbons (Fsp3) is 0.414. The Hall–Kier alpha value is -4.32. The summed E-state index contributed by atoms with van der Waals surface area (Å²) in [7, 11) is 0. The molecule has 41 heavy (non-hydrogen) atoms. The van der Waals surface area contributed by atoms with Crippen molar-refractivity contribution in [2.75, 3.05) is 19.7 Å². The van der Waals surface area contributed by atoms with E-state index < -0.39 is 6.17 Å². The molecule has 6 heterocycles. The molecule has 5 aromatic rings. The highest BCUT2D eigenvalue weighted by Gasteiger charge is 2.30. The van der Waals surface area contributed by atoms with Gasteiger partial charge in [-0.2, -0.15) is 5.10 Å². The number of hydrogen-bond acceptors (Lipinski definition) is 7. The van der Waals surface area contributed by atoms with Gasteiger partial charge in [-0.1, -0.05) is 0 Å². The van der Waals surface area contributed by atoms with Gasteiger partial charge in [-0.15, -0.1) is 10.2 Å². The number of halogens is 1. The van der Waals surface area contributed by atoms with Gasteiger partial charge in [-0.25, -0.2) is 13.9 Å². The first kappa shape index (κ1) is 25.6. The number of alkyl halides is 1. The molecule has 212 valence electrons. The summed E-state index contributed by atoms with van der Waals surface area (Å²) in [5.74, 6) is 0.954. The maximum absolute atomic E-state index is 14.1. The van der Waals surface area contributed by atoms with E-state index in [1.807, 2.05) is 23.6 Å². The molecule has 1 saturated carbocycles. The van der Waals surface area contributed by atoms with Gasteiger partial charge in [-0.3, -0.25) is 4.79 Å². The summed E-state index contributed by atoms with van der Waals surface area (Å²) in [5, 5.41) is 13.7. The van der Waals surface area contributed by atoms with Crippen molar-refractivity contribution in [2.24, 2.45) is 11.7 Å². The number of hydrogen-bond donors (Lipinski definition) is 1. The summed E-state index contributed by atoms with van der Waals surface area (Å²) < 4.78 is 26.2. The molecule has 11 nitrogen and oxygen atoms in total. The van der Waals surface area contributed by atoms with Crippen LogP contribution in [0, 0.1) is 12.8 Å². The van der Waals surface area contributed by atoms with Crippen LogP contribution in [0.1, 0.15) is 35.2 Å². The molecule has 0 unspecified atom stereocenters. The largest absolute Gasteiger partial charge is 0.474 e. The molecular weight excluding hydrogens is 525 g/mol. The molecule has 2 atom stereocenters. The van der Waals surface area contributed by atoms with Crippen molar-refractivity contribution in [1.82, 2.24) is 38.8 Å². The van der Waals surface area contributed by atoms with Crippen LogP contribution in [0.3, 0.4) is 0 Å². The molecule has 1 aliphatic heterocycles. The molecule has 1 aliphatic carbocycles. The number of likely N-dealkylation sites (tertiary alicyclic amines) is 1. The standard InChI is InChI=1S/C29H32FN9O2/c1-18-24-5-4-21(29(40)37-14-22(30)11-23(31)15-37)13-39(24)35-26(18)25-10-20-6-7-32-28(27(20)38(25)12-19-2-3-19)41-9-8-36-16-33-34-17-36/h4-7,10,13,16-17,19,22-23H,2-3,8-9,11-12,14-15,31H2,1H3/t22-,23-/m1/s1. The number of amides is 1. The Labute approximate surface area is 235 Å². The van der Waals surface area contributed by atoms with E-state index in [0.29, 0.717) is 37.1 Å². The van der Waals surface area contributed by atoms with Crippen LogP contribution in [0.25, 0.3) is 27.8 Å². The van der Waals surface area contributed by atoms with E-state index in [4.69, 9.17) is 15.6 Å². The number of ether oxygens (including phenoxy) is 1. The lowest BCUT2D eigenvalue weighted by Crippen LogP contribution is -2.50. The van der Waals surface area contributed by atoms with Gasteiger partial charge in [0.2, 0.25) is 5.88 Å². The number of pyridine rings is 2. The zero-order valence-corrected chi connectivity index (χ0v) is 22.9. The minimum atomic E-state index is -1.11. The molecule has 0 aromatic carbocycles. The number of carbonyl (C=O) groups is 1. The smallest absolute Gasteiger partial charge is 0.255 e. The van der Waals surface area contributed by atoms with Crippen LogP contribution in [0.2, 0.25) is 0 Å². The molecule has 2 N–H and O–H groups in total. The van der Waals surface area contributed by atoms with E-state index in [1.165, 1.54) is 17.7 Å². The van der Waals surface area contributed by atoms with Gasteiger partial charge in [-0.05, 0) is 56.4 Å². The Balaban J connectivity index is 1.24. The zero-order chi connectivity index (χ0) is 28.1. The highest BCUT2D eigenvalue weighted by Crippen LogP contribution is 2.39. The molecule has 1 amide bonds. The maximum atomic E-state index is 14.1. The van der Waals surface area contributed by atoms with Crippen LogP contribution in [0.5, 0.6) is 5.88 Å². The summed E-state index contributed by atoms with van der Waals surface area (Å²) in [6, 6.07) is 7.48. The van der Waals surface area contributed by atoms with Gasteiger partial charge in [0, 0.05) is 42.5 Å². The van der Waals surface area contributed by atoms with Crippen molar-refractivity contribution in [1.29, 1.82) is 0 Å². The third-order valence-electron chi connectivity index (χ3n) is 8.05. The summed E-state index contributed by atoms with van der Waals surface area (Å²) >= 11 is 0. The summed E-state index contributed by atoms with van der Waals surface area (Å²) in [6.07, 6.45) is 8.39. The van der Waals surface area contributed by atoms with Crippen LogP contribution in [-0.2, 0) is 13.1 Å². The van der Waals surface area contributed by atoms with Crippen molar-refractivity contribution in [3.63, 3.8) is 0 Å². The maximum Gasteiger partial charge on any atom is 0.255 e. The van der Waals surface area contributed by atoms with Crippen LogP contribution in [0.15, 0.2) is 49.3 Å². The third kappa shape index (κ3) is 4.92. The molecular formula is C29H32FN9O2. The molecule has 2 aliphatic rings. The number of aryl methyl sites for hydroxylation is 1. The first-order valence-corrected chi connectivity index (χ1v) is 14.1. The number of fused-ring (bicyclic) bond motifs is 2. The summed E-state index contributed by atoms with van der Waals surface area (Å²) in [6.45, 7) is 4.35. The van der Waals surface area contributed by atoms with Gasteiger partial charge < -0.3 is 24.5 Å². The van der Waals surface area contributed by atoms with Crippen molar-refractivity contribution < 1.29 is 13.9 Å². The molecule has 5 aromatic heterocycles. The predicted octanol–water partition coefficient (Wildman–Crippen LogP) is 3.25. The fourth-order valence-corrected chi connectivity index (χ4v) is 5.78. The predicted molar refractivity (Wildman–Crippen MR) is 150 cm³/mol. The Kier molecular flexibility index (Phi) is 6.41. The number of nitrogens with zero attached hydrogens (tertiary/aromatic N) is 8. The first-order valence-electron chi connectivity index (χ1n) is 14.1. The van der Waals surface area contributed by atoms with E-state index in [-0.39, 0.29) is 24.9 Å². The monoisotopic (exact) mass is 557 g/mol. The van der Waals surface area contributed by atoms with E-state index in [2.05, 4.69) is 25.8 Å². The molecule has 7 rings (SSSR count). The average molecular weight is 558 g/mol. The van der Waals surface area contributed by atoms with Crippen LogP contribution in [0.4, 0.5) is 4.39 Å². The molecule has 1 saturated heterocycles. The first-order chi connectivity index (χ1) is 19.9. The number of rotatable bonds is 8.